The van der Waals surface area contributed by atoms with Crippen molar-refractivity contribution < 1.29 is 9.84 Å². The largest absolute Gasteiger partial charge is 0.478 e. The van der Waals surface area contributed by atoms with Gasteiger partial charge in [-0.1, -0.05) is 6.07 Å². The van der Waals surface area contributed by atoms with Crippen LogP contribution in [-0.2, 0) is 0 Å². The zero-order valence-electron chi connectivity index (χ0n) is 9.59. The van der Waals surface area contributed by atoms with E-state index in [4.69, 9.17) is 4.74 Å². The van der Waals surface area contributed by atoms with Gasteiger partial charge in [0.15, 0.2) is 0 Å². The molecule has 1 aromatic rings. The second kappa shape index (κ2) is 5.16. The van der Waals surface area contributed by atoms with E-state index in [0.29, 0.717) is 19.0 Å². The van der Waals surface area contributed by atoms with Gasteiger partial charge in [0.05, 0.1) is 12.7 Å². The summed E-state index contributed by atoms with van der Waals surface area (Å²) >= 11 is 0. The molecule has 1 N–H and O–H groups in total. The molecule has 0 aromatic carbocycles. The van der Waals surface area contributed by atoms with Crippen molar-refractivity contribution in [3.05, 3.63) is 18.2 Å². The number of nitrogens with zero attached hydrogens (tertiary/aromatic N) is 2. The van der Waals surface area contributed by atoms with Gasteiger partial charge in [0.25, 0.3) is 0 Å². The van der Waals surface area contributed by atoms with E-state index in [-0.39, 0.29) is 6.10 Å². The number of ether oxygens (including phenoxy) is 1. The van der Waals surface area contributed by atoms with Gasteiger partial charge in [0.1, 0.15) is 5.82 Å². The first-order valence-corrected chi connectivity index (χ1v) is 5.82. The fraction of sp³-hybridized carbons (Fsp3) is 0.583. The van der Waals surface area contributed by atoms with Crippen LogP contribution in [0.4, 0.5) is 5.82 Å². The van der Waals surface area contributed by atoms with Crippen LogP contribution in [0.15, 0.2) is 18.2 Å². The van der Waals surface area contributed by atoms with E-state index < -0.39 is 0 Å². The summed E-state index contributed by atoms with van der Waals surface area (Å²) in [5, 5.41) is 9.61. The van der Waals surface area contributed by atoms with Crippen LogP contribution < -0.4 is 9.64 Å². The Morgan fingerprint density at radius 3 is 3.19 bits per heavy atom. The van der Waals surface area contributed by atoms with Gasteiger partial charge in [-0.05, 0) is 25.8 Å². The smallest absolute Gasteiger partial charge is 0.215 e. The molecule has 0 spiro atoms. The van der Waals surface area contributed by atoms with Crippen molar-refractivity contribution in [2.75, 3.05) is 24.6 Å². The summed E-state index contributed by atoms with van der Waals surface area (Å²) in [6.45, 7) is 4.19. The van der Waals surface area contributed by atoms with Crippen LogP contribution in [0.1, 0.15) is 19.8 Å². The zero-order chi connectivity index (χ0) is 11.4. The number of hydrogen-bond acceptors (Lipinski definition) is 4. The number of aliphatic hydroxyl groups excluding tert-OH is 1. The number of anilines is 1. The van der Waals surface area contributed by atoms with Gasteiger partial charge < -0.3 is 14.7 Å². The number of β-amino-alcohol motifs (C(OH)–C–C–N with tert-alkyl or cyclic N) is 1. The fourth-order valence-electron chi connectivity index (χ4n) is 1.97. The first-order chi connectivity index (χ1) is 7.79. The molecule has 4 heteroatoms. The Labute approximate surface area is 95.9 Å². The molecule has 0 radical (unpaired) electrons. The molecule has 1 aliphatic heterocycles. The number of aliphatic hydroxyl groups is 1. The lowest BCUT2D eigenvalue weighted by Gasteiger charge is -2.31. The molecule has 0 amide bonds. The summed E-state index contributed by atoms with van der Waals surface area (Å²) in [5.74, 6) is 1.55. The highest BCUT2D eigenvalue weighted by molar-refractivity contribution is 5.41. The quantitative estimate of drug-likeness (QED) is 0.840. The Morgan fingerprint density at radius 1 is 1.56 bits per heavy atom. The van der Waals surface area contributed by atoms with E-state index in [1.165, 1.54) is 0 Å². The Hall–Kier alpha value is -1.29. The van der Waals surface area contributed by atoms with Crippen molar-refractivity contribution >= 4 is 5.82 Å². The highest BCUT2D eigenvalue weighted by atomic mass is 16.5. The monoisotopic (exact) mass is 222 g/mol. The molecular formula is C12H18N2O2. The van der Waals surface area contributed by atoms with Crippen molar-refractivity contribution in [3.63, 3.8) is 0 Å². The molecule has 1 atom stereocenters. The lowest BCUT2D eigenvalue weighted by molar-refractivity contribution is 0.153. The Kier molecular flexibility index (Phi) is 3.62. The fourth-order valence-corrected chi connectivity index (χ4v) is 1.97. The van der Waals surface area contributed by atoms with Crippen LogP contribution in [0.5, 0.6) is 5.88 Å². The summed E-state index contributed by atoms with van der Waals surface area (Å²) in [6.07, 6.45) is 1.68. The van der Waals surface area contributed by atoms with Crippen LogP contribution in [-0.4, -0.2) is 35.9 Å². The third-order valence-electron chi connectivity index (χ3n) is 2.72. The van der Waals surface area contributed by atoms with Crippen molar-refractivity contribution in [1.82, 2.24) is 4.98 Å². The molecule has 2 rings (SSSR count). The Balaban J connectivity index is 2.09. The minimum absolute atomic E-state index is 0.230. The standard InChI is InChI=1S/C12H18N2O2/c1-2-16-12-7-3-6-11(13-12)14-8-4-5-10(15)9-14/h3,6-7,10,15H,2,4-5,8-9H2,1H3/t10-/m0/s1. The molecular weight excluding hydrogens is 204 g/mol. The minimum atomic E-state index is -0.230. The molecule has 0 unspecified atom stereocenters. The molecule has 4 nitrogen and oxygen atoms in total. The highest BCUT2D eigenvalue weighted by Crippen LogP contribution is 2.20. The second-order valence-corrected chi connectivity index (χ2v) is 4.01. The van der Waals surface area contributed by atoms with Gasteiger partial charge in [-0.2, -0.15) is 4.98 Å². The van der Waals surface area contributed by atoms with Crippen LogP contribution in [0.25, 0.3) is 0 Å². The van der Waals surface area contributed by atoms with Crippen LogP contribution >= 0.6 is 0 Å². The van der Waals surface area contributed by atoms with Gasteiger partial charge >= 0.3 is 0 Å². The van der Waals surface area contributed by atoms with Gasteiger partial charge in [-0.15, -0.1) is 0 Å². The molecule has 0 aliphatic carbocycles. The number of hydrogen-bond donors (Lipinski definition) is 1. The van der Waals surface area contributed by atoms with E-state index in [1.54, 1.807) is 0 Å². The lowest BCUT2D eigenvalue weighted by atomic mass is 10.1. The van der Waals surface area contributed by atoms with Crippen molar-refractivity contribution in [2.45, 2.75) is 25.9 Å². The van der Waals surface area contributed by atoms with Crippen molar-refractivity contribution in [2.24, 2.45) is 0 Å². The summed E-state index contributed by atoms with van der Waals surface area (Å²) in [7, 11) is 0. The predicted molar refractivity (Wildman–Crippen MR) is 62.9 cm³/mol. The maximum absolute atomic E-state index is 9.61. The average Bonchev–Trinajstić information content (AvgIpc) is 2.30. The Morgan fingerprint density at radius 2 is 2.44 bits per heavy atom. The van der Waals surface area contributed by atoms with Gasteiger partial charge in [0, 0.05) is 19.2 Å². The second-order valence-electron chi connectivity index (χ2n) is 4.01. The van der Waals surface area contributed by atoms with E-state index >= 15 is 0 Å². The average molecular weight is 222 g/mol. The molecule has 1 fully saturated rings. The molecule has 1 saturated heterocycles. The first kappa shape index (κ1) is 11.2. The first-order valence-electron chi connectivity index (χ1n) is 5.82. The van der Waals surface area contributed by atoms with E-state index in [9.17, 15) is 5.11 Å². The minimum Gasteiger partial charge on any atom is -0.478 e. The number of piperidine rings is 1. The maximum atomic E-state index is 9.61. The van der Waals surface area contributed by atoms with Crippen LogP contribution in [0.2, 0.25) is 0 Å². The van der Waals surface area contributed by atoms with Gasteiger partial charge in [-0.3, -0.25) is 0 Å². The van der Waals surface area contributed by atoms with E-state index in [1.807, 2.05) is 25.1 Å². The summed E-state index contributed by atoms with van der Waals surface area (Å²) in [6, 6.07) is 5.75. The highest BCUT2D eigenvalue weighted by Gasteiger charge is 2.18. The molecule has 1 aromatic heterocycles. The number of pyridine rings is 1. The third kappa shape index (κ3) is 2.64. The summed E-state index contributed by atoms with van der Waals surface area (Å²) in [5.41, 5.74) is 0. The third-order valence-corrected chi connectivity index (χ3v) is 2.72. The molecule has 1 aliphatic rings. The molecule has 0 saturated carbocycles. The predicted octanol–water partition coefficient (Wildman–Crippen LogP) is 1.44. The summed E-state index contributed by atoms with van der Waals surface area (Å²) < 4.78 is 5.36. The van der Waals surface area contributed by atoms with E-state index in [0.717, 1.165) is 25.2 Å². The Bertz CT molecular complexity index is 344. The lowest BCUT2D eigenvalue weighted by Crippen LogP contribution is -2.38. The van der Waals surface area contributed by atoms with Crippen LogP contribution in [0.3, 0.4) is 0 Å². The number of rotatable bonds is 3. The molecule has 88 valence electrons. The normalized spacial score (nSPS) is 20.9. The van der Waals surface area contributed by atoms with E-state index in [2.05, 4.69) is 9.88 Å². The van der Waals surface area contributed by atoms with Crippen molar-refractivity contribution in [1.29, 1.82) is 0 Å². The van der Waals surface area contributed by atoms with Crippen molar-refractivity contribution in [3.8, 4) is 5.88 Å². The van der Waals surface area contributed by atoms with Gasteiger partial charge in [0.2, 0.25) is 5.88 Å². The maximum Gasteiger partial charge on any atom is 0.215 e. The zero-order valence-corrected chi connectivity index (χ0v) is 9.59. The van der Waals surface area contributed by atoms with Gasteiger partial charge in [-0.25, -0.2) is 0 Å². The molecule has 2 heterocycles. The molecule has 0 bridgehead atoms. The molecule has 16 heavy (non-hydrogen) atoms. The summed E-state index contributed by atoms with van der Waals surface area (Å²) in [4.78, 5) is 6.52. The number of aromatic nitrogens is 1. The topological polar surface area (TPSA) is 45.6 Å². The SMILES string of the molecule is CCOc1cccc(N2CCC[C@H](O)C2)n1. The van der Waals surface area contributed by atoms with Crippen LogP contribution in [0, 0.1) is 0 Å².